The van der Waals surface area contributed by atoms with E-state index in [1.165, 1.54) is 0 Å². The van der Waals surface area contributed by atoms with Crippen LogP contribution in [0.1, 0.15) is 0 Å². The fourth-order valence-corrected chi connectivity index (χ4v) is 1.13. The van der Waals surface area contributed by atoms with Gasteiger partial charge < -0.3 is 11.5 Å². The van der Waals surface area contributed by atoms with E-state index < -0.39 is 0 Å². The summed E-state index contributed by atoms with van der Waals surface area (Å²) in [5, 5.41) is 0. The zero-order valence-corrected chi connectivity index (χ0v) is 8.11. The predicted molar refractivity (Wildman–Crippen MR) is 48.5 cm³/mol. The smallest absolute Gasteiger partial charge is 0.148 e. The molecule has 0 radical (unpaired) electrons. The van der Waals surface area contributed by atoms with Crippen LogP contribution in [0.2, 0.25) is 0 Å². The van der Waals surface area contributed by atoms with Crippen molar-refractivity contribution in [2.75, 3.05) is 11.5 Å². The molecule has 3 nitrogen and oxygen atoms in total. The predicted octanol–water partition coefficient (Wildman–Crippen LogP) is 1.77. The second-order valence-electron chi connectivity index (χ2n) is 1.74. The van der Waals surface area contributed by atoms with Crippen LogP contribution in [0.4, 0.5) is 11.5 Å². The van der Waals surface area contributed by atoms with E-state index >= 15 is 0 Å². The third-order valence-corrected chi connectivity index (χ3v) is 2.73. The molecule has 0 aromatic carbocycles. The number of nitrogens with zero attached hydrogens (tertiary/aromatic N) is 1. The van der Waals surface area contributed by atoms with Gasteiger partial charge in [0.1, 0.15) is 10.4 Å². The third-order valence-electron chi connectivity index (χ3n) is 0.994. The van der Waals surface area contributed by atoms with Crippen LogP contribution >= 0.6 is 31.9 Å². The number of anilines is 2. The number of pyridine rings is 1. The average molecular weight is 267 g/mol. The number of halogens is 2. The number of nitrogen functional groups attached to an aromatic ring is 2. The quantitative estimate of drug-likeness (QED) is 0.704. The molecule has 0 aliphatic heterocycles. The van der Waals surface area contributed by atoms with Gasteiger partial charge in [0, 0.05) is 0 Å². The van der Waals surface area contributed by atoms with Crippen molar-refractivity contribution in [2.24, 2.45) is 0 Å². The van der Waals surface area contributed by atoms with Gasteiger partial charge in [0.2, 0.25) is 0 Å². The number of hydrogen-bond acceptors (Lipinski definition) is 3. The minimum atomic E-state index is 0.343. The summed E-state index contributed by atoms with van der Waals surface area (Å²) in [6, 6.07) is 1.70. The molecule has 10 heavy (non-hydrogen) atoms. The second-order valence-corrected chi connectivity index (χ2v) is 3.34. The molecular formula is C5H5Br2N3. The van der Waals surface area contributed by atoms with Crippen molar-refractivity contribution in [1.82, 2.24) is 4.98 Å². The summed E-state index contributed by atoms with van der Waals surface area (Å²) in [5.74, 6) is 0.343. The summed E-state index contributed by atoms with van der Waals surface area (Å²) in [6.45, 7) is 0. The first-order valence-electron chi connectivity index (χ1n) is 2.48. The maximum absolute atomic E-state index is 5.45. The maximum atomic E-state index is 5.45. The molecule has 0 saturated heterocycles. The second kappa shape index (κ2) is 2.75. The van der Waals surface area contributed by atoms with Gasteiger partial charge >= 0.3 is 0 Å². The van der Waals surface area contributed by atoms with Gasteiger partial charge in [0.05, 0.1) is 10.2 Å². The normalized spacial score (nSPS) is 9.80. The van der Waals surface area contributed by atoms with Gasteiger partial charge in [-0.2, -0.15) is 0 Å². The molecule has 1 aromatic rings. The van der Waals surface area contributed by atoms with Gasteiger partial charge in [0.15, 0.2) is 0 Å². The van der Waals surface area contributed by atoms with Crippen LogP contribution in [0.15, 0.2) is 15.1 Å². The van der Waals surface area contributed by atoms with E-state index in [9.17, 15) is 0 Å². The summed E-state index contributed by atoms with van der Waals surface area (Å²) in [6.07, 6.45) is 0. The lowest BCUT2D eigenvalue weighted by atomic mass is 10.4. The number of aromatic nitrogens is 1. The van der Waals surface area contributed by atoms with Crippen molar-refractivity contribution in [3.8, 4) is 0 Å². The molecule has 0 saturated carbocycles. The molecule has 0 aliphatic carbocycles. The number of nitrogens with two attached hydrogens (primary N) is 2. The van der Waals surface area contributed by atoms with Crippen LogP contribution in [-0.4, -0.2) is 4.98 Å². The highest BCUT2D eigenvalue weighted by atomic mass is 79.9. The fourth-order valence-electron chi connectivity index (χ4n) is 0.494. The summed E-state index contributed by atoms with van der Waals surface area (Å²) >= 11 is 6.42. The topological polar surface area (TPSA) is 64.9 Å². The van der Waals surface area contributed by atoms with Crippen LogP contribution in [0, 0.1) is 0 Å². The largest absolute Gasteiger partial charge is 0.396 e. The van der Waals surface area contributed by atoms with Gasteiger partial charge in [-0.15, -0.1) is 0 Å². The van der Waals surface area contributed by atoms with Crippen LogP contribution in [-0.2, 0) is 0 Å². The molecule has 1 rings (SSSR count). The molecule has 4 N–H and O–H groups in total. The molecule has 1 heterocycles. The Morgan fingerprint density at radius 3 is 2.40 bits per heavy atom. The third kappa shape index (κ3) is 1.41. The Kier molecular flexibility index (Phi) is 2.15. The van der Waals surface area contributed by atoms with Gasteiger partial charge in [-0.3, -0.25) is 0 Å². The Labute approximate surface area is 75.1 Å². The first-order chi connectivity index (χ1) is 4.61. The SMILES string of the molecule is Nc1cc(Br)c(Br)nc1N. The van der Waals surface area contributed by atoms with Crippen molar-refractivity contribution >= 4 is 43.4 Å². The van der Waals surface area contributed by atoms with E-state index in [0.29, 0.717) is 16.1 Å². The Hall–Kier alpha value is -0.290. The van der Waals surface area contributed by atoms with Crippen molar-refractivity contribution in [3.63, 3.8) is 0 Å². The Bertz CT molecular complexity index is 211. The number of hydrogen-bond donors (Lipinski definition) is 2. The average Bonchev–Trinajstić information content (AvgIpc) is 1.84. The lowest BCUT2D eigenvalue weighted by Crippen LogP contribution is -1.97. The first kappa shape index (κ1) is 7.81. The van der Waals surface area contributed by atoms with E-state index in [2.05, 4.69) is 36.8 Å². The van der Waals surface area contributed by atoms with E-state index in [1.54, 1.807) is 6.07 Å². The molecule has 1 aromatic heterocycles. The fraction of sp³-hybridized carbons (Fsp3) is 0. The molecule has 0 spiro atoms. The molecule has 0 aliphatic rings. The van der Waals surface area contributed by atoms with Crippen LogP contribution in [0.5, 0.6) is 0 Å². The molecule has 0 atom stereocenters. The molecule has 5 heteroatoms. The van der Waals surface area contributed by atoms with Crippen molar-refractivity contribution in [2.45, 2.75) is 0 Å². The monoisotopic (exact) mass is 265 g/mol. The van der Waals surface area contributed by atoms with E-state index in [0.717, 1.165) is 4.47 Å². The molecule has 0 unspecified atom stereocenters. The summed E-state index contributed by atoms with van der Waals surface area (Å²) in [7, 11) is 0. The highest BCUT2D eigenvalue weighted by molar-refractivity contribution is 9.13. The summed E-state index contributed by atoms with van der Waals surface area (Å²) in [5.41, 5.74) is 11.3. The van der Waals surface area contributed by atoms with Gasteiger partial charge in [-0.1, -0.05) is 0 Å². The van der Waals surface area contributed by atoms with E-state index in [1.807, 2.05) is 0 Å². The summed E-state index contributed by atoms with van der Waals surface area (Å²) < 4.78 is 1.47. The maximum Gasteiger partial charge on any atom is 0.148 e. The van der Waals surface area contributed by atoms with Crippen molar-refractivity contribution in [3.05, 3.63) is 15.1 Å². The Morgan fingerprint density at radius 2 is 1.90 bits per heavy atom. The highest BCUT2D eigenvalue weighted by Crippen LogP contribution is 2.25. The zero-order valence-electron chi connectivity index (χ0n) is 4.94. The lowest BCUT2D eigenvalue weighted by Gasteiger charge is -2.00. The summed E-state index contributed by atoms with van der Waals surface area (Å²) in [4.78, 5) is 3.90. The van der Waals surface area contributed by atoms with Crippen LogP contribution < -0.4 is 11.5 Å². The molecule has 0 amide bonds. The number of rotatable bonds is 0. The molecular weight excluding hydrogens is 262 g/mol. The van der Waals surface area contributed by atoms with Gasteiger partial charge in [-0.25, -0.2) is 4.98 Å². The lowest BCUT2D eigenvalue weighted by molar-refractivity contribution is 1.27. The first-order valence-corrected chi connectivity index (χ1v) is 4.07. The minimum Gasteiger partial charge on any atom is -0.396 e. The molecule has 0 fully saturated rings. The molecule has 54 valence electrons. The van der Waals surface area contributed by atoms with Gasteiger partial charge in [-0.05, 0) is 37.9 Å². The van der Waals surface area contributed by atoms with Crippen LogP contribution in [0.25, 0.3) is 0 Å². The van der Waals surface area contributed by atoms with Crippen molar-refractivity contribution in [1.29, 1.82) is 0 Å². The molecule has 0 bridgehead atoms. The van der Waals surface area contributed by atoms with E-state index in [-0.39, 0.29) is 0 Å². The highest BCUT2D eigenvalue weighted by Gasteiger charge is 2.01. The Balaban J connectivity index is 3.28. The van der Waals surface area contributed by atoms with Crippen molar-refractivity contribution < 1.29 is 0 Å². The van der Waals surface area contributed by atoms with E-state index in [4.69, 9.17) is 11.5 Å². The van der Waals surface area contributed by atoms with Crippen LogP contribution in [0.3, 0.4) is 0 Å². The zero-order chi connectivity index (χ0) is 7.72. The standard InChI is InChI=1S/C5H5Br2N3/c6-2-1-3(8)5(9)10-4(2)7/h1H,8H2,(H2,9,10). The minimum absolute atomic E-state index is 0.343. The van der Waals surface area contributed by atoms with Gasteiger partial charge in [0.25, 0.3) is 0 Å². The Morgan fingerprint density at radius 1 is 1.30 bits per heavy atom.